The smallest absolute Gasteiger partial charge is 0.317 e. The Morgan fingerprint density at radius 3 is 2.74 bits per heavy atom. The minimum absolute atomic E-state index is 0.170. The van der Waals surface area contributed by atoms with Crippen molar-refractivity contribution in [1.82, 2.24) is 19.8 Å². The second-order valence-electron chi connectivity index (χ2n) is 7.08. The molecule has 3 rings (SSSR count). The molecule has 5 nitrogen and oxygen atoms in total. The van der Waals surface area contributed by atoms with Crippen LogP contribution in [0.5, 0.6) is 0 Å². The summed E-state index contributed by atoms with van der Waals surface area (Å²) < 4.78 is 2.19. The van der Waals surface area contributed by atoms with Crippen LogP contribution in [0.15, 0.2) is 12.4 Å². The first-order chi connectivity index (χ1) is 11.2. The molecule has 1 N–H and O–H groups in total. The molecule has 0 radical (unpaired) electrons. The molecule has 1 saturated heterocycles. The number of aryl methyl sites for hydroxylation is 2. The van der Waals surface area contributed by atoms with Crippen LogP contribution in [0.4, 0.5) is 4.79 Å². The lowest BCUT2D eigenvalue weighted by Gasteiger charge is -2.37. The van der Waals surface area contributed by atoms with E-state index in [0.29, 0.717) is 12.1 Å². The Labute approximate surface area is 139 Å². The van der Waals surface area contributed by atoms with Gasteiger partial charge in [-0.2, -0.15) is 0 Å². The molecule has 1 atom stereocenters. The number of urea groups is 1. The molecule has 2 aliphatic rings. The van der Waals surface area contributed by atoms with Crippen LogP contribution in [0.25, 0.3) is 0 Å². The van der Waals surface area contributed by atoms with Crippen molar-refractivity contribution in [2.45, 2.75) is 83.3 Å². The van der Waals surface area contributed by atoms with Crippen molar-refractivity contribution in [1.29, 1.82) is 0 Å². The summed E-state index contributed by atoms with van der Waals surface area (Å²) in [5, 5.41) is 3.29. The summed E-state index contributed by atoms with van der Waals surface area (Å²) >= 11 is 0. The highest BCUT2D eigenvalue weighted by atomic mass is 16.2. The van der Waals surface area contributed by atoms with Gasteiger partial charge in [0.1, 0.15) is 5.82 Å². The number of nitrogens with one attached hydrogen (secondary N) is 1. The summed E-state index contributed by atoms with van der Waals surface area (Å²) in [6.07, 6.45) is 14.6. The fourth-order valence-electron chi connectivity index (χ4n) is 4.00. The van der Waals surface area contributed by atoms with E-state index >= 15 is 0 Å². The number of hydrogen-bond acceptors (Lipinski definition) is 2. The van der Waals surface area contributed by atoms with Gasteiger partial charge < -0.3 is 14.8 Å². The number of nitrogens with zero attached hydrogens (tertiary/aromatic N) is 3. The summed E-state index contributed by atoms with van der Waals surface area (Å²) in [7, 11) is 0. The van der Waals surface area contributed by atoms with Crippen LogP contribution in [-0.2, 0) is 6.54 Å². The van der Waals surface area contributed by atoms with Gasteiger partial charge in [0.2, 0.25) is 0 Å². The van der Waals surface area contributed by atoms with Gasteiger partial charge in [-0.25, -0.2) is 9.78 Å². The van der Waals surface area contributed by atoms with E-state index in [1.54, 1.807) is 0 Å². The van der Waals surface area contributed by atoms with Gasteiger partial charge in [-0.3, -0.25) is 0 Å². The van der Waals surface area contributed by atoms with Gasteiger partial charge >= 0.3 is 6.03 Å². The molecule has 0 aromatic carbocycles. The molecule has 23 heavy (non-hydrogen) atoms. The average molecular weight is 318 g/mol. The minimum atomic E-state index is 0.170. The summed E-state index contributed by atoms with van der Waals surface area (Å²) in [6.45, 7) is 3.89. The van der Waals surface area contributed by atoms with E-state index in [0.717, 1.165) is 51.0 Å². The van der Waals surface area contributed by atoms with E-state index in [2.05, 4.69) is 19.8 Å². The molecule has 1 aromatic rings. The van der Waals surface area contributed by atoms with E-state index in [-0.39, 0.29) is 6.03 Å². The fourth-order valence-corrected chi connectivity index (χ4v) is 4.00. The lowest BCUT2D eigenvalue weighted by molar-refractivity contribution is 0.139. The molecule has 1 saturated carbocycles. The summed E-state index contributed by atoms with van der Waals surface area (Å²) in [5.74, 6) is 1.05. The monoisotopic (exact) mass is 318 g/mol. The highest BCUT2D eigenvalue weighted by Crippen LogP contribution is 2.22. The maximum atomic E-state index is 12.7. The summed E-state index contributed by atoms with van der Waals surface area (Å²) in [6, 6.07) is 0.938. The minimum Gasteiger partial charge on any atom is -0.335 e. The van der Waals surface area contributed by atoms with Crippen LogP contribution in [0, 0.1) is 6.92 Å². The predicted molar refractivity (Wildman–Crippen MR) is 91.3 cm³/mol. The van der Waals surface area contributed by atoms with Gasteiger partial charge in [0.15, 0.2) is 0 Å². The van der Waals surface area contributed by atoms with E-state index in [1.807, 2.05) is 19.3 Å². The van der Waals surface area contributed by atoms with Crippen molar-refractivity contribution in [2.75, 3.05) is 6.54 Å². The average Bonchev–Trinajstić information content (AvgIpc) is 2.99. The number of hydrogen-bond donors (Lipinski definition) is 1. The van der Waals surface area contributed by atoms with Crippen LogP contribution in [-0.4, -0.2) is 39.1 Å². The van der Waals surface area contributed by atoms with Gasteiger partial charge in [0.25, 0.3) is 0 Å². The summed E-state index contributed by atoms with van der Waals surface area (Å²) in [5.41, 5.74) is 0. The Morgan fingerprint density at radius 1 is 1.22 bits per heavy atom. The van der Waals surface area contributed by atoms with Crippen LogP contribution >= 0.6 is 0 Å². The zero-order valence-electron chi connectivity index (χ0n) is 14.3. The maximum Gasteiger partial charge on any atom is 0.317 e. The standard InChI is InChI=1S/C18H30N4O/c1-15-19-11-14-21(15)13-10-17-9-5-6-12-22(17)18(23)20-16-7-3-2-4-8-16/h11,14,16-17H,2-10,12-13H2,1H3,(H,20,23)/t17-/m0/s1. The van der Waals surface area contributed by atoms with Crippen molar-refractivity contribution in [3.8, 4) is 0 Å². The third-order valence-corrected chi connectivity index (χ3v) is 5.45. The number of piperidine rings is 1. The predicted octanol–water partition coefficient (Wildman–Crippen LogP) is 3.48. The van der Waals surface area contributed by atoms with Gasteiger partial charge in [-0.05, 0) is 45.4 Å². The molecule has 2 amide bonds. The highest BCUT2D eigenvalue weighted by Gasteiger charge is 2.28. The molecule has 0 unspecified atom stereocenters. The second kappa shape index (κ2) is 7.84. The van der Waals surface area contributed by atoms with Crippen molar-refractivity contribution in [2.24, 2.45) is 0 Å². The number of likely N-dealkylation sites (tertiary alicyclic amines) is 1. The molecule has 2 heterocycles. The lowest BCUT2D eigenvalue weighted by atomic mass is 9.95. The van der Waals surface area contributed by atoms with Crippen LogP contribution in [0.2, 0.25) is 0 Å². The van der Waals surface area contributed by atoms with Crippen molar-refractivity contribution < 1.29 is 4.79 Å². The number of rotatable bonds is 4. The highest BCUT2D eigenvalue weighted by molar-refractivity contribution is 5.75. The normalized spacial score (nSPS) is 23.0. The number of imidazole rings is 1. The van der Waals surface area contributed by atoms with Crippen molar-refractivity contribution in [3.05, 3.63) is 18.2 Å². The lowest BCUT2D eigenvalue weighted by Crippen LogP contribution is -2.51. The van der Waals surface area contributed by atoms with E-state index in [1.165, 1.54) is 25.7 Å². The van der Waals surface area contributed by atoms with E-state index < -0.39 is 0 Å². The van der Waals surface area contributed by atoms with Crippen molar-refractivity contribution in [3.63, 3.8) is 0 Å². The maximum absolute atomic E-state index is 12.7. The summed E-state index contributed by atoms with van der Waals surface area (Å²) in [4.78, 5) is 19.1. The molecule has 1 aliphatic heterocycles. The Balaban J connectivity index is 1.54. The first-order valence-electron chi connectivity index (χ1n) is 9.29. The van der Waals surface area contributed by atoms with E-state index in [4.69, 9.17) is 0 Å². The number of amides is 2. The SMILES string of the molecule is Cc1nccn1CC[C@@H]1CCCCN1C(=O)NC1CCCCC1. The number of carbonyl (C=O) groups is 1. The molecular weight excluding hydrogens is 288 g/mol. The van der Waals surface area contributed by atoms with E-state index in [9.17, 15) is 4.79 Å². The zero-order chi connectivity index (χ0) is 16.1. The first kappa shape index (κ1) is 16.3. The third kappa shape index (κ3) is 4.27. The molecular formula is C18H30N4O. The first-order valence-corrected chi connectivity index (χ1v) is 9.29. The van der Waals surface area contributed by atoms with Gasteiger partial charge in [-0.15, -0.1) is 0 Å². The Bertz CT molecular complexity index is 507. The Morgan fingerprint density at radius 2 is 2.00 bits per heavy atom. The fraction of sp³-hybridized carbons (Fsp3) is 0.778. The van der Waals surface area contributed by atoms with Crippen molar-refractivity contribution >= 4 is 6.03 Å². The third-order valence-electron chi connectivity index (χ3n) is 5.45. The quantitative estimate of drug-likeness (QED) is 0.924. The molecule has 0 bridgehead atoms. The Hall–Kier alpha value is -1.52. The molecule has 1 aromatic heterocycles. The zero-order valence-corrected chi connectivity index (χ0v) is 14.3. The molecule has 2 fully saturated rings. The molecule has 1 aliphatic carbocycles. The van der Waals surface area contributed by atoms with Gasteiger partial charge in [0, 0.05) is 37.6 Å². The number of carbonyl (C=O) groups excluding carboxylic acids is 1. The van der Waals surface area contributed by atoms with Crippen LogP contribution in [0.3, 0.4) is 0 Å². The Kier molecular flexibility index (Phi) is 5.57. The topological polar surface area (TPSA) is 50.2 Å². The van der Waals surface area contributed by atoms with Crippen LogP contribution < -0.4 is 5.32 Å². The molecule has 5 heteroatoms. The molecule has 0 spiro atoms. The largest absolute Gasteiger partial charge is 0.335 e. The second-order valence-corrected chi connectivity index (χ2v) is 7.08. The number of aromatic nitrogens is 2. The van der Waals surface area contributed by atoms with Gasteiger partial charge in [0.05, 0.1) is 0 Å². The molecule has 128 valence electrons. The van der Waals surface area contributed by atoms with Gasteiger partial charge in [-0.1, -0.05) is 19.3 Å². The van der Waals surface area contributed by atoms with Crippen LogP contribution in [0.1, 0.15) is 63.6 Å².